The Bertz CT molecular complexity index is 1100. The molecule has 0 radical (unpaired) electrons. The van der Waals surface area contributed by atoms with Gasteiger partial charge in [0.15, 0.2) is 4.96 Å². The average molecular weight is 437 g/mol. The molecule has 136 valence electrons. The maximum atomic E-state index is 6.15. The van der Waals surface area contributed by atoms with Crippen molar-refractivity contribution >= 4 is 57.3 Å². The van der Waals surface area contributed by atoms with Crippen molar-refractivity contribution in [2.24, 2.45) is 5.16 Å². The van der Waals surface area contributed by atoms with E-state index in [0.29, 0.717) is 20.6 Å². The van der Waals surface area contributed by atoms with Crippen LogP contribution in [0.4, 0.5) is 0 Å². The number of thiazole rings is 1. The zero-order valence-electron chi connectivity index (χ0n) is 13.8. The number of benzene rings is 2. The molecule has 0 aliphatic rings. The highest BCUT2D eigenvalue weighted by Gasteiger charge is 2.14. The van der Waals surface area contributed by atoms with Crippen molar-refractivity contribution in [2.45, 2.75) is 6.61 Å². The maximum Gasteiger partial charge on any atom is 0.194 e. The van der Waals surface area contributed by atoms with Gasteiger partial charge in [-0.3, -0.25) is 4.40 Å². The quantitative estimate of drug-likeness (QED) is 0.262. The van der Waals surface area contributed by atoms with Crippen molar-refractivity contribution in [2.75, 3.05) is 0 Å². The van der Waals surface area contributed by atoms with Crippen molar-refractivity contribution in [3.05, 3.63) is 80.4 Å². The molecule has 8 heteroatoms. The van der Waals surface area contributed by atoms with Crippen molar-refractivity contribution in [3.8, 4) is 11.3 Å². The lowest BCUT2D eigenvalue weighted by atomic mass is 10.1. The Morgan fingerprint density at radius 2 is 1.81 bits per heavy atom. The van der Waals surface area contributed by atoms with E-state index < -0.39 is 0 Å². The van der Waals surface area contributed by atoms with Gasteiger partial charge in [0.05, 0.1) is 17.6 Å². The highest BCUT2D eigenvalue weighted by atomic mass is 35.5. The van der Waals surface area contributed by atoms with Crippen LogP contribution in [-0.4, -0.2) is 15.6 Å². The first-order valence-corrected chi connectivity index (χ1v) is 9.94. The van der Waals surface area contributed by atoms with Gasteiger partial charge in [-0.2, -0.15) is 0 Å². The lowest BCUT2D eigenvalue weighted by molar-refractivity contribution is 0.132. The van der Waals surface area contributed by atoms with Gasteiger partial charge in [-0.15, -0.1) is 11.3 Å². The largest absolute Gasteiger partial charge is 0.391 e. The van der Waals surface area contributed by atoms with Crippen LogP contribution >= 0.6 is 46.1 Å². The van der Waals surface area contributed by atoms with Gasteiger partial charge in [0.2, 0.25) is 0 Å². The van der Waals surface area contributed by atoms with E-state index in [9.17, 15) is 0 Å². The molecule has 0 atom stereocenters. The van der Waals surface area contributed by atoms with Crippen LogP contribution < -0.4 is 0 Å². The SMILES string of the molecule is Clc1ccc(-c2nc3sccn3c2/C=N/OCc2c(Cl)cccc2Cl)cc1. The molecule has 2 aromatic carbocycles. The molecule has 27 heavy (non-hydrogen) atoms. The van der Waals surface area contributed by atoms with Crippen molar-refractivity contribution in [3.63, 3.8) is 0 Å². The number of imidazole rings is 1. The molecule has 2 aromatic heterocycles. The highest BCUT2D eigenvalue weighted by molar-refractivity contribution is 7.15. The number of hydrogen-bond donors (Lipinski definition) is 0. The van der Waals surface area contributed by atoms with Gasteiger partial charge < -0.3 is 4.84 Å². The molecule has 0 unspecified atom stereocenters. The Labute approximate surface area is 174 Å². The topological polar surface area (TPSA) is 38.9 Å². The molecule has 0 aliphatic carbocycles. The van der Waals surface area contributed by atoms with E-state index in [1.165, 1.54) is 0 Å². The van der Waals surface area contributed by atoms with Crippen LogP contribution in [0, 0.1) is 0 Å². The lowest BCUT2D eigenvalue weighted by Crippen LogP contribution is -1.94. The molecule has 0 saturated carbocycles. The van der Waals surface area contributed by atoms with Gasteiger partial charge in [0.25, 0.3) is 0 Å². The zero-order valence-corrected chi connectivity index (χ0v) is 16.9. The first-order valence-electron chi connectivity index (χ1n) is 7.93. The Morgan fingerprint density at radius 3 is 2.56 bits per heavy atom. The molecule has 0 bridgehead atoms. The predicted molar refractivity (Wildman–Crippen MR) is 112 cm³/mol. The molecule has 4 aromatic rings. The third-order valence-electron chi connectivity index (χ3n) is 3.94. The van der Waals surface area contributed by atoms with Crippen LogP contribution in [0.2, 0.25) is 15.1 Å². The fourth-order valence-corrected chi connectivity index (χ4v) is 3.96. The smallest absolute Gasteiger partial charge is 0.194 e. The second-order valence-electron chi connectivity index (χ2n) is 5.62. The fourth-order valence-electron chi connectivity index (χ4n) is 2.61. The summed E-state index contributed by atoms with van der Waals surface area (Å²) in [6, 6.07) is 12.8. The molecule has 4 nitrogen and oxygen atoms in total. The van der Waals surface area contributed by atoms with E-state index in [1.54, 1.807) is 35.8 Å². The molecule has 0 aliphatic heterocycles. The van der Waals surface area contributed by atoms with Crippen molar-refractivity contribution in [1.82, 2.24) is 9.38 Å². The van der Waals surface area contributed by atoms with Gasteiger partial charge in [-0.05, 0) is 24.3 Å². The lowest BCUT2D eigenvalue weighted by Gasteiger charge is -2.05. The summed E-state index contributed by atoms with van der Waals surface area (Å²) in [6.45, 7) is 0.177. The summed E-state index contributed by atoms with van der Waals surface area (Å²) in [7, 11) is 0. The first-order chi connectivity index (χ1) is 13.1. The van der Waals surface area contributed by atoms with Crippen molar-refractivity contribution in [1.29, 1.82) is 0 Å². The maximum absolute atomic E-state index is 6.15. The predicted octanol–water partition coefficient (Wildman–Crippen LogP) is 6.57. The number of rotatable bonds is 5. The van der Waals surface area contributed by atoms with Gasteiger partial charge >= 0.3 is 0 Å². The molecule has 0 fully saturated rings. The molecule has 2 heterocycles. The standard InChI is InChI=1S/C19H12Cl3N3OS/c20-13-6-4-12(5-7-13)18-17(25-8-9-27-19(25)24-18)10-23-26-11-14-15(21)2-1-3-16(14)22/h1-10H,11H2/b23-10+. The second kappa shape index (κ2) is 7.90. The molecular weight excluding hydrogens is 425 g/mol. The number of hydrogen-bond acceptors (Lipinski definition) is 4. The van der Waals surface area contributed by atoms with Crippen LogP contribution in [0.5, 0.6) is 0 Å². The second-order valence-corrected chi connectivity index (χ2v) is 7.74. The van der Waals surface area contributed by atoms with E-state index in [0.717, 1.165) is 21.9 Å². The van der Waals surface area contributed by atoms with E-state index in [1.807, 2.05) is 40.2 Å². The fraction of sp³-hybridized carbons (Fsp3) is 0.0526. The zero-order chi connectivity index (χ0) is 18.8. The number of oxime groups is 1. The van der Waals surface area contributed by atoms with Crippen LogP contribution in [0.1, 0.15) is 11.3 Å². The molecular formula is C19H12Cl3N3OS. The third-order valence-corrected chi connectivity index (χ3v) is 5.65. The summed E-state index contributed by atoms with van der Waals surface area (Å²) in [5.74, 6) is 0. The van der Waals surface area contributed by atoms with Crippen molar-refractivity contribution < 1.29 is 4.84 Å². The Kier molecular flexibility index (Phi) is 5.36. The summed E-state index contributed by atoms with van der Waals surface area (Å²) >= 11 is 19.8. The van der Waals surface area contributed by atoms with Crippen LogP contribution in [0.25, 0.3) is 16.2 Å². The average Bonchev–Trinajstić information content (AvgIpc) is 3.23. The van der Waals surface area contributed by atoms with Gasteiger partial charge in [-0.1, -0.05) is 58.2 Å². The number of nitrogens with zero attached hydrogens (tertiary/aromatic N) is 3. The number of halogens is 3. The first kappa shape index (κ1) is 18.3. The normalized spacial score (nSPS) is 11.5. The van der Waals surface area contributed by atoms with Crippen LogP contribution in [-0.2, 0) is 11.4 Å². The Balaban J connectivity index is 1.61. The minimum Gasteiger partial charge on any atom is -0.391 e. The summed E-state index contributed by atoms with van der Waals surface area (Å²) in [6.07, 6.45) is 3.58. The summed E-state index contributed by atoms with van der Waals surface area (Å²) in [5.41, 5.74) is 3.27. The van der Waals surface area contributed by atoms with E-state index in [2.05, 4.69) is 10.1 Å². The number of aromatic nitrogens is 2. The Hall–Kier alpha value is -2.05. The minimum absolute atomic E-state index is 0.177. The molecule has 0 saturated heterocycles. The van der Waals surface area contributed by atoms with Crippen LogP contribution in [0.3, 0.4) is 0 Å². The Morgan fingerprint density at radius 1 is 1.07 bits per heavy atom. The molecule has 0 spiro atoms. The van der Waals surface area contributed by atoms with Gasteiger partial charge in [0, 0.05) is 37.8 Å². The van der Waals surface area contributed by atoms with E-state index in [4.69, 9.17) is 39.6 Å². The monoisotopic (exact) mass is 435 g/mol. The molecule has 4 rings (SSSR count). The summed E-state index contributed by atoms with van der Waals surface area (Å²) in [5, 5.41) is 7.84. The van der Waals surface area contributed by atoms with Crippen LogP contribution in [0.15, 0.2) is 59.2 Å². The van der Waals surface area contributed by atoms with Gasteiger partial charge in [-0.25, -0.2) is 4.98 Å². The minimum atomic E-state index is 0.177. The summed E-state index contributed by atoms with van der Waals surface area (Å²) in [4.78, 5) is 11.0. The van der Waals surface area contributed by atoms with E-state index >= 15 is 0 Å². The van der Waals surface area contributed by atoms with E-state index in [-0.39, 0.29) is 6.61 Å². The van der Waals surface area contributed by atoms with Gasteiger partial charge in [0.1, 0.15) is 6.61 Å². The summed E-state index contributed by atoms with van der Waals surface area (Å²) < 4.78 is 1.96. The third kappa shape index (κ3) is 3.82. The molecule has 0 amide bonds. The highest BCUT2D eigenvalue weighted by Crippen LogP contribution is 2.27. The molecule has 0 N–H and O–H groups in total. The number of fused-ring (bicyclic) bond motifs is 1.